The number of rotatable bonds is 5. The van der Waals surface area contributed by atoms with Gasteiger partial charge < -0.3 is 15.0 Å². The lowest BCUT2D eigenvalue weighted by molar-refractivity contribution is -0.138. The van der Waals surface area contributed by atoms with Crippen LogP contribution < -0.4 is 5.32 Å². The Morgan fingerprint density at radius 3 is 2.75 bits per heavy atom. The van der Waals surface area contributed by atoms with Gasteiger partial charge in [-0.25, -0.2) is 0 Å². The highest BCUT2D eigenvalue weighted by molar-refractivity contribution is 5.89. The quantitative estimate of drug-likeness (QED) is 0.897. The Morgan fingerprint density at radius 1 is 1.25 bits per heavy atom. The molecule has 3 atom stereocenters. The molecule has 5 nitrogen and oxygen atoms in total. The molecule has 2 amide bonds. The van der Waals surface area contributed by atoms with E-state index in [9.17, 15) is 9.59 Å². The summed E-state index contributed by atoms with van der Waals surface area (Å²) in [5, 5.41) is 3.05. The van der Waals surface area contributed by atoms with E-state index in [1.165, 1.54) is 0 Å². The lowest BCUT2D eigenvalue weighted by Crippen LogP contribution is -2.51. The van der Waals surface area contributed by atoms with E-state index in [4.69, 9.17) is 4.74 Å². The topological polar surface area (TPSA) is 58.6 Å². The van der Waals surface area contributed by atoms with Gasteiger partial charge in [0.25, 0.3) is 0 Å². The summed E-state index contributed by atoms with van der Waals surface area (Å²) in [6, 6.07) is 9.34. The summed E-state index contributed by atoms with van der Waals surface area (Å²) in [6.45, 7) is 3.42. The summed E-state index contributed by atoms with van der Waals surface area (Å²) >= 11 is 0. The fraction of sp³-hybridized carbons (Fsp3) is 0.579. The minimum atomic E-state index is -0.343. The van der Waals surface area contributed by atoms with E-state index in [1.807, 2.05) is 37.3 Å². The molecular weight excluding hydrogens is 304 g/mol. The average Bonchev–Trinajstić information content (AvgIpc) is 3.27. The number of nitrogens with one attached hydrogen (secondary N) is 1. The third-order valence-electron chi connectivity index (χ3n) is 4.97. The summed E-state index contributed by atoms with van der Waals surface area (Å²) in [6.07, 6.45) is 4.12. The second-order valence-electron chi connectivity index (χ2n) is 6.76. The van der Waals surface area contributed by atoms with Crippen molar-refractivity contribution in [2.75, 3.05) is 13.2 Å². The van der Waals surface area contributed by atoms with Crippen molar-refractivity contribution in [3.63, 3.8) is 0 Å². The van der Waals surface area contributed by atoms with Gasteiger partial charge in [0, 0.05) is 13.2 Å². The van der Waals surface area contributed by atoms with Gasteiger partial charge >= 0.3 is 0 Å². The maximum atomic E-state index is 12.6. The van der Waals surface area contributed by atoms with E-state index in [2.05, 4.69) is 5.32 Å². The molecule has 1 aromatic rings. The van der Waals surface area contributed by atoms with Gasteiger partial charge in [-0.15, -0.1) is 0 Å². The number of carbonyl (C=O) groups excluding carboxylic acids is 2. The van der Waals surface area contributed by atoms with Crippen molar-refractivity contribution in [1.82, 2.24) is 10.2 Å². The molecule has 0 aromatic heterocycles. The molecule has 0 radical (unpaired) electrons. The largest absolute Gasteiger partial charge is 0.376 e. The van der Waals surface area contributed by atoms with Crippen LogP contribution in [-0.4, -0.2) is 48.1 Å². The molecule has 1 N–H and O–H groups in total. The molecule has 5 heteroatoms. The van der Waals surface area contributed by atoms with Crippen molar-refractivity contribution in [1.29, 1.82) is 0 Å². The SMILES string of the molecule is CC(NC(=O)C1CCCN1C(=O)Cc1ccccc1)C1CCCO1. The Morgan fingerprint density at radius 2 is 2.04 bits per heavy atom. The molecule has 3 unspecified atom stereocenters. The number of carbonyl (C=O) groups is 2. The summed E-state index contributed by atoms with van der Waals surface area (Å²) in [5.74, 6) is -0.0134. The van der Waals surface area contributed by atoms with Crippen molar-refractivity contribution < 1.29 is 14.3 Å². The van der Waals surface area contributed by atoms with Crippen molar-refractivity contribution >= 4 is 11.8 Å². The summed E-state index contributed by atoms with van der Waals surface area (Å²) < 4.78 is 5.64. The van der Waals surface area contributed by atoms with Crippen molar-refractivity contribution in [2.24, 2.45) is 0 Å². The van der Waals surface area contributed by atoms with Crippen LogP contribution in [-0.2, 0) is 20.7 Å². The van der Waals surface area contributed by atoms with Crippen molar-refractivity contribution in [2.45, 2.75) is 57.2 Å². The highest BCUT2D eigenvalue weighted by atomic mass is 16.5. The van der Waals surface area contributed by atoms with Crippen LogP contribution in [0, 0.1) is 0 Å². The van der Waals surface area contributed by atoms with Crippen LogP contribution in [0.15, 0.2) is 30.3 Å². The molecule has 1 aromatic carbocycles. The summed E-state index contributed by atoms with van der Waals surface area (Å²) in [5.41, 5.74) is 0.987. The Labute approximate surface area is 143 Å². The first-order valence-corrected chi connectivity index (χ1v) is 8.90. The van der Waals surface area contributed by atoms with E-state index in [0.717, 1.165) is 37.9 Å². The maximum Gasteiger partial charge on any atom is 0.243 e. The first kappa shape index (κ1) is 17.0. The minimum absolute atomic E-state index is 0.00771. The maximum absolute atomic E-state index is 12.6. The third kappa shape index (κ3) is 3.96. The highest BCUT2D eigenvalue weighted by Crippen LogP contribution is 2.20. The predicted octanol–water partition coefficient (Wildman–Crippen LogP) is 1.90. The lowest BCUT2D eigenvalue weighted by atomic mass is 10.1. The number of hydrogen-bond donors (Lipinski definition) is 1. The van der Waals surface area contributed by atoms with Crippen LogP contribution in [0.2, 0.25) is 0 Å². The zero-order valence-corrected chi connectivity index (χ0v) is 14.2. The molecule has 0 spiro atoms. The third-order valence-corrected chi connectivity index (χ3v) is 4.97. The van der Waals surface area contributed by atoms with Crippen LogP contribution in [0.1, 0.15) is 38.2 Å². The van der Waals surface area contributed by atoms with Gasteiger partial charge in [-0.05, 0) is 38.2 Å². The first-order chi connectivity index (χ1) is 11.6. The van der Waals surface area contributed by atoms with Crippen LogP contribution in [0.25, 0.3) is 0 Å². The Balaban J connectivity index is 1.57. The molecule has 0 bridgehead atoms. The van der Waals surface area contributed by atoms with Gasteiger partial charge in [-0.2, -0.15) is 0 Å². The molecule has 2 saturated heterocycles. The minimum Gasteiger partial charge on any atom is -0.376 e. The molecule has 2 aliphatic rings. The van der Waals surface area contributed by atoms with Crippen molar-refractivity contribution in [3.05, 3.63) is 35.9 Å². The normalized spacial score (nSPS) is 24.8. The van der Waals surface area contributed by atoms with Crippen LogP contribution >= 0.6 is 0 Å². The molecule has 130 valence electrons. The zero-order valence-electron chi connectivity index (χ0n) is 14.2. The Bertz CT molecular complexity index is 569. The number of nitrogens with zero attached hydrogens (tertiary/aromatic N) is 1. The number of ether oxygens (including phenoxy) is 1. The number of likely N-dealkylation sites (tertiary alicyclic amines) is 1. The molecule has 2 heterocycles. The highest BCUT2D eigenvalue weighted by Gasteiger charge is 2.35. The molecule has 24 heavy (non-hydrogen) atoms. The molecule has 0 aliphatic carbocycles. The smallest absolute Gasteiger partial charge is 0.243 e. The fourth-order valence-corrected chi connectivity index (χ4v) is 3.62. The lowest BCUT2D eigenvalue weighted by Gasteiger charge is -2.27. The predicted molar refractivity (Wildman–Crippen MR) is 91.5 cm³/mol. The molecule has 0 saturated carbocycles. The van der Waals surface area contributed by atoms with Crippen LogP contribution in [0.3, 0.4) is 0 Å². The molecule has 3 rings (SSSR count). The fourth-order valence-electron chi connectivity index (χ4n) is 3.62. The Hall–Kier alpha value is -1.88. The summed E-state index contributed by atoms with van der Waals surface area (Å²) in [7, 11) is 0. The monoisotopic (exact) mass is 330 g/mol. The van der Waals surface area contributed by atoms with E-state index in [1.54, 1.807) is 4.90 Å². The van der Waals surface area contributed by atoms with Gasteiger partial charge in [0.2, 0.25) is 11.8 Å². The first-order valence-electron chi connectivity index (χ1n) is 8.90. The van der Waals surface area contributed by atoms with Gasteiger partial charge in [0.15, 0.2) is 0 Å². The van der Waals surface area contributed by atoms with Crippen molar-refractivity contribution in [3.8, 4) is 0 Å². The van der Waals surface area contributed by atoms with Crippen LogP contribution in [0.5, 0.6) is 0 Å². The standard InChI is InChI=1S/C19H26N2O3/c1-14(17-10-6-12-24-17)20-19(23)16-9-5-11-21(16)18(22)13-15-7-3-2-4-8-15/h2-4,7-8,14,16-17H,5-6,9-13H2,1H3,(H,20,23). The van der Waals surface area contributed by atoms with Crippen LogP contribution in [0.4, 0.5) is 0 Å². The second-order valence-corrected chi connectivity index (χ2v) is 6.76. The number of benzene rings is 1. The molecular formula is C19H26N2O3. The second kappa shape index (κ2) is 7.79. The van der Waals surface area contributed by atoms with E-state index in [-0.39, 0.29) is 30.0 Å². The number of amides is 2. The van der Waals surface area contributed by atoms with Gasteiger partial charge in [-0.1, -0.05) is 30.3 Å². The summed E-state index contributed by atoms with van der Waals surface area (Å²) in [4.78, 5) is 27.0. The number of hydrogen-bond acceptors (Lipinski definition) is 3. The van der Waals surface area contributed by atoms with Gasteiger partial charge in [0.05, 0.1) is 18.6 Å². The molecule has 2 aliphatic heterocycles. The van der Waals surface area contributed by atoms with E-state index >= 15 is 0 Å². The Kier molecular flexibility index (Phi) is 5.51. The van der Waals surface area contributed by atoms with E-state index in [0.29, 0.717) is 13.0 Å². The van der Waals surface area contributed by atoms with Gasteiger partial charge in [0.1, 0.15) is 6.04 Å². The van der Waals surface area contributed by atoms with E-state index < -0.39 is 0 Å². The molecule has 2 fully saturated rings. The average molecular weight is 330 g/mol. The zero-order chi connectivity index (χ0) is 16.9. The van der Waals surface area contributed by atoms with Gasteiger partial charge in [-0.3, -0.25) is 9.59 Å².